The van der Waals surface area contributed by atoms with Gasteiger partial charge in [-0.05, 0) is 31.4 Å². The largest absolute Gasteiger partial charge is 0.477 e. The van der Waals surface area contributed by atoms with Gasteiger partial charge in [0.25, 0.3) is 5.91 Å². The fourth-order valence-corrected chi connectivity index (χ4v) is 1.93. The summed E-state index contributed by atoms with van der Waals surface area (Å²) in [6.45, 7) is 1.55. The molecule has 1 aromatic rings. The van der Waals surface area contributed by atoms with Crippen LogP contribution in [-0.4, -0.2) is 40.0 Å². The summed E-state index contributed by atoms with van der Waals surface area (Å²) in [5.41, 5.74) is 0.414. The van der Waals surface area contributed by atoms with Gasteiger partial charge >= 0.3 is 5.97 Å². The van der Waals surface area contributed by atoms with E-state index >= 15 is 0 Å². The highest BCUT2D eigenvalue weighted by Gasteiger charge is 2.18. The van der Waals surface area contributed by atoms with Crippen LogP contribution in [0.25, 0.3) is 0 Å². The van der Waals surface area contributed by atoms with Crippen LogP contribution in [0.3, 0.4) is 0 Å². The number of hydrogen-bond donors (Lipinski definition) is 1. The summed E-state index contributed by atoms with van der Waals surface area (Å²) >= 11 is 0. The fraction of sp³-hybridized carbons (Fsp3) is 0.417. The number of hydrogen-bond acceptors (Lipinski definition) is 3. The Bertz CT molecular complexity index is 422. The number of carboxylic acids is 1. The van der Waals surface area contributed by atoms with E-state index in [-0.39, 0.29) is 11.6 Å². The normalized spacial score (nSPS) is 15.6. The Morgan fingerprint density at radius 1 is 1.18 bits per heavy atom. The first-order chi connectivity index (χ1) is 8.18. The van der Waals surface area contributed by atoms with Crippen molar-refractivity contribution in [2.24, 2.45) is 0 Å². The van der Waals surface area contributed by atoms with Gasteiger partial charge in [-0.25, -0.2) is 9.78 Å². The van der Waals surface area contributed by atoms with Gasteiger partial charge in [0.05, 0.1) is 5.56 Å². The maximum atomic E-state index is 12.0. The van der Waals surface area contributed by atoms with Gasteiger partial charge in [0.15, 0.2) is 0 Å². The van der Waals surface area contributed by atoms with Crippen molar-refractivity contribution in [3.05, 3.63) is 29.6 Å². The number of pyridine rings is 1. The SMILES string of the molecule is O=C(O)c1ccc(C(=O)N2CCCCC2)cn1. The van der Waals surface area contributed by atoms with Crippen LogP contribution >= 0.6 is 0 Å². The van der Waals surface area contributed by atoms with Gasteiger partial charge < -0.3 is 10.0 Å². The van der Waals surface area contributed by atoms with Gasteiger partial charge in [0.2, 0.25) is 0 Å². The molecule has 0 aromatic carbocycles. The average molecular weight is 234 g/mol. The lowest BCUT2D eigenvalue weighted by atomic mass is 10.1. The zero-order chi connectivity index (χ0) is 12.3. The summed E-state index contributed by atoms with van der Waals surface area (Å²) in [6, 6.07) is 2.88. The minimum atomic E-state index is -1.08. The molecule has 5 nitrogen and oxygen atoms in total. The summed E-state index contributed by atoms with van der Waals surface area (Å²) in [4.78, 5) is 28.2. The third kappa shape index (κ3) is 2.61. The lowest BCUT2D eigenvalue weighted by molar-refractivity contribution is 0.0684. The zero-order valence-electron chi connectivity index (χ0n) is 9.43. The molecule has 0 bridgehead atoms. The maximum absolute atomic E-state index is 12.0. The maximum Gasteiger partial charge on any atom is 0.354 e. The Labute approximate surface area is 99.1 Å². The van der Waals surface area contributed by atoms with Crippen LogP contribution < -0.4 is 0 Å². The molecule has 0 radical (unpaired) electrons. The second-order valence-corrected chi connectivity index (χ2v) is 4.09. The first-order valence-corrected chi connectivity index (χ1v) is 5.67. The molecule has 0 atom stereocenters. The fourth-order valence-electron chi connectivity index (χ4n) is 1.93. The molecule has 1 amide bonds. The lowest BCUT2D eigenvalue weighted by Gasteiger charge is -2.26. The molecule has 0 saturated carbocycles. The Balaban J connectivity index is 2.10. The Hall–Kier alpha value is -1.91. The zero-order valence-corrected chi connectivity index (χ0v) is 9.43. The van der Waals surface area contributed by atoms with Gasteiger partial charge in [-0.3, -0.25) is 4.79 Å². The van der Waals surface area contributed by atoms with E-state index in [1.807, 2.05) is 0 Å². The number of carboxylic acid groups (broad SMARTS) is 1. The number of aromatic carboxylic acids is 1. The first-order valence-electron chi connectivity index (χ1n) is 5.67. The number of amides is 1. The van der Waals surface area contributed by atoms with Gasteiger partial charge in [-0.15, -0.1) is 0 Å². The number of carbonyl (C=O) groups excluding carboxylic acids is 1. The highest BCUT2D eigenvalue weighted by Crippen LogP contribution is 2.12. The van der Waals surface area contributed by atoms with Crippen LogP contribution in [-0.2, 0) is 0 Å². The molecule has 1 aromatic heterocycles. The predicted molar refractivity (Wildman–Crippen MR) is 61.0 cm³/mol. The molecular formula is C12H14N2O3. The highest BCUT2D eigenvalue weighted by molar-refractivity contribution is 5.94. The topological polar surface area (TPSA) is 70.5 Å². The smallest absolute Gasteiger partial charge is 0.354 e. The van der Waals surface area contributed by atoms with E-state index in [4.69, 9.17) is 5.11 Å². The molecule has 1 aliphatic heterocycles. The van der Waals surface area contributed by atoms with Crippen molar-refractivity contribution in [1.29, 1.82) is 0 Å². The molecule has 2 heterocycles. The van der Waals surface area contributed by atoms with Gasteiger partial charge in [0, 0.05) is 19.3 Å². The number of rotatable bonds is 2. The summed E-state index contributed by atoms with van der Waals surface area (Å²) < 4.78 is 0. The van der Waals surface area contributed by atoms with E-state index in [9.17, 15) is 9.59 Å². The van der Waals surface area contributed by atoms with E-state index in [1.54, 1.807) is 4.90 Å². The van der Waals surface area contributed by atoms with Gasteiger partial charge in [-0.2, -0.15) is 0 Å². The van der Waals surface area contributed by atoms with Crippen molar-refractivity contribution in [2.75, 3.05) is 13.1 Å². The molecule has 1 saturated heterocycles. The summed E-state index contributed by atoms with van der Waals surface area (Å²) in [5.74, 6) is -1.14. The molecule has 5 heteroatoms. The van der Waals surface area contributed by atoms with E-state index < -0.39 is 5.97 Å². The molecule has 0 unspecified atom stereocenters. The lowest BCUT2D eigenvalue weighted by Crippen LogP contribution is -2.35. The van der Waals surface area contributed by atoms with Gasteiger partial charge in [0.1, 0.15) is 5.69 Å². The van der Waals surface area contributed by atoms with E-state index in [1.165, 1.54) is 24.8 Å². The van der Waals surface area contributed by atoms with Crippen molar-refractivity contribution in [3.63, 3.8) is 0 Å². The van der Waals surface area contributed by atoms with Crippen molar-refractivity contribution in [1.82, 2.24) is 9.88 Å². The van der Waals surface area contributed by atoms with Crippen LogP contribution in [0, 0.1) is 0 Å². The second kappa shape index (κ2) is 4.95. The Kier molecular flexibility index (Phi) is 3.37. The van der Waals surface area contributed by atoms with Crippen LogP contribution in [0.1, 0.15) is 40.1 Å². The first kappa shape index (κ1) is 11.6. The van der Waals surface area contributed by atoms with Crippen molar-refractivity contribution in [3.8, 4) is 0 Å². The quantitative estimate of drug-likeness (QED) is 0.839. The number of nitrogens with zero attached hydrogens (tertiary/aromatic N) is 2. The minimum absolute atomic E-state index is 0.0415. The highest BCUT2D eigenvalue weighted by atomic mass is 16.4. The third-order valence-electron chi connectivity index (χ3n) is 2.87. The molecule has 0 aliphatic carbocycles. The molecule has 1 aliphatic rings. The van der Waals surface area contributed by atoms with E-state index in [2.05, 4.69) is 4.98 Å². The predicted octanol–water partition coefficient (Wildman–Crippen LogP) is 1.41. The second-order valence-electron chi connectivity index (χ2n) is 4.09. The van der Waals surface area contributed by atoms with Crippen molar-refractivity contribution in [2.45, 2.75) is 19.3 Å². The van der Waals surface area contributed by atoms with E-state index in [0.29, 0.717) is 5.56 Å². The van der Waals surface area contributed by atoms with Crippen LogP contribution in [0.15, 0.2) is 18.3 Å². The molecule has 1 fully saturated rings. The number of likely N-dealkylation sites (tertiary alicyclic amines) is 1. The van der Waals surface area contributed by atoms with Crippen LogP contribution in [0.2, 0.25) is 0 Å². The summed E-state index contributed by atoms with van der Waals surface area (Å²) in [6.07, 6.45) is 4.57. The third-order valence-corrected chi connectivity index (χ3v) is 2.87. The van der Waals surface area contributed by atoms with Crippen LogP contribution in [0.4, 0.5) is 0 Å². The van der Waals surface area contributed by atoms with Crippen molar-refractivity contribution < 1.29 is 14.7 Å². The Morgan fingerprint density at radius 2 is 1.88 bits per heavy atom. The minimum Gasteiger partial charge on any atom is -0.477 e. The van der Waals surface area contributed by atoms with Crippen LogP contribution in [0.5, 0.6) is 0 Å². The van der Waals surface area contributed by atoms with Crippen molar-refractivity contribution >= 4 is 11.9 Å². The van der Waals surface area contributed by atoms with E-state index in [0.717, 1.165) is 25.9 Å². The standard InChI is InChI=1S/C12H14N2O3/c15-11(14-6-2-1-3-7-14)9-4-5-10(12(16)17)13-8-9/h4-5,8H,1-3,6-7H2,(H,16,17). The van der Waals surface area contributed by atoms with Gasteiger partial charge in [-0.1, -0.05) is 0 Å². The molecule has 0 spiro atoms. The monoisotopic (exact) mass is 234 g/mol. The molecule has 2 rings (SSSR count). The number of piperidine rings is 1. The summed E-state index contributed by atoms with van der Waals surface area (Å²) in [5, 5.41) is 8.71. The number of carbonyl (C=O) groups is 2. The molecular weight excluding hydrogens is 220 g/mol. The number of aromatic nitrogens is 1. The average Bonchev–Trinajstić information content (AvgIpc) is 2.39. The summed E-state index contributed by atoms with van der Waals surface area (Å²) in [7, 11) is 0. The molecule has 17 heavy (non-hydrogen) atoms. The molecule has 90 valence electrons. The molecule has 1 N–H and O–H groups in total. The Morgan fingerprint density at radius 3 is 2.41 bits per heavy atom.